The molecule has 166 valence electrons. The molecule has 4 rings (SSSR count). The molecule has 2 atom stereocenters. The van der Waals surface area contributed by atoms with E-state index < -0.39 is 11.9 Å². The van der Waals surface area contributed by atoms with Gasteiger partial charge in [0.2, 0.25) is 0 Å². The lowest BCUT2D eigenvalue weighted by Crippen LogP contribution is -2.46. The van der Waals surface area contributed by atoms with Crippen molar-refractivity contribution in [1.29, 1.82) is 0 Å². The molecule has 0 radical (unpaired) electrons. The molecule has 0 spiro atoms. The number of carbonyl (C=O) groups is 2. The number of hydrogen-bond donors (Lipinski definition) is 2. The average molecular weight is 452 g/mol. The van der Waals surface area contributed by atoms with Crippen molar-refractivity contribution in [3.05, 3.63) is 46.0 Å². The quantitative estimate of drug-likeness (QED) is 0.746. The molecule has 3 amide bonds. The maximum Gasteiger partial charge on any atom is 0.322 e. The number of aliphatic hydroxyl groups is 1. The number of rotatable bonds is 3. The Bertz CT molecular complexity index is 1030. The van der Waals surface area contributed by atoms with Crippen LogP contribution in [-0.4, -0.2) is 62.6 Å². The smallest absolute Gasteiger partial charge is 0.322 e. The molecule has 31 heavy (non-hydrogen) atoms. The van der Waals surface area contributed by atoms with Crippen molar-refractivity contribution in [2.24, 2.45) is 0 Å². The van der Waals surface area contributed by atoms with Crippen LogP contribution in [0.15, 0.2) is 18.2 Å². The minimum atomic E-state index is -0.596. The van der Waals surface area contributed by atoms with Gasteiger partial charge in [-0.2, -0.15) is 5.10 Å². The first-order valence-electron chi connectivity index (χ1n) is 9.99. The van der Waals surface area contributed by atoms with E-state index >= 15 is 0 Å². The topological polar surface area (TPSA) is 99.9 Å². The second-order valence-electron chi connectivity index (χ2n) is 7.62. The summed E-state index contributed by atoms with van der Waals surface area (Å²) in [6.07, 6.45) is 0.585. The van der Waals surface area contributed by atoms with Crippen LogP contribution in [0, 0.1) is 5.82 Å². The number of halogens is 2. The van der Waals surface area contributed by atoms with Crippen molar-refractivity contribution in [3.63, 3.8) is 0 Å². The number of carbonyl (C=O) groups excluding carboxylic acids is 2. The first-order valence-corrected chi connectivity index (χ1v) is 10.4. The Kier molecular flexibility index (Phi) is 5.87. The lowest BCUT2D eigenvalue weighted by Gasteiger charge is -2.35. The highest BCUT2D eigenvalue weighted by atomic mass is 35.5. The molecule has 0 bridgehead atoms. The third kappa shape index (κ3) is 3.98. The lowest BCUT2D eigenvalue weighted by atomic mass is 9.97. The molecule has 0 unspecified atom stereocenters. The zero-order valence-electron chi connectivity index (χ0n) is 17.1. The van der Waals surface area contributed by atoms with Crippen LogP contribution in [0.2, 0.25) is 5.02 Å². The van der Waals surface area contributed by atoms with Gasteiger partial charge in [0.25, 0.3) is 5.91 Å². The third-order valence-corrected chi connectivity index (χ3v) is 5.90. The number of urea groups is 1. The van der Waals surface area contributed by atoms with Gasteiger partial charge in [-0.15, -0.1) is 0 Å². The Balaban J connectivity index is 1.64. The number of nitrogens with one attached hydrogen (secondary N) is 1. The number of aromatic nitrogens is 2. The van der Waals surface area contributed by atoms with Gasteiger partial charge in [-0.05, 0) is 24.6 Å². The molecule has 2 N–H and O–H groups in total. The maximum atomic E-state index is 13.4. The van der Waals surface area contributed by atoms with E-state index in [0.717, 1.165) is 10.8 Å². The summed E-state index contributed by atoms with van der Waals surface area (Å²) in [4.78, 5) is 33.1. The van der Waals surface area contributed by atoms with Crippen LogP contribution in [0.5, 0.6) is 0 Å². The Morgan fingerprint density at radius 3 is 2.90 bits per heavy atom. The van der Waals surface area contributed by atoms with Crippen molar-refractivity contribution in [2.75, 3.05) is 19.0 Å². The van der Waals surface area contributed by atoms with Crippen LogP contribution in [0.3, 0.4) is 0 Å². The molecule has 2 aliphatic heterocycles. The average Bonchev–Trinajstić information content (AvgIpc) is 3.04. The van der Waals surface area contributed by atoms with Crippen LogP contribution >= 0.6 is 11.6 Å². The highest BCUT2D eigenvalue weighted by molar-refractivity contribution is 6.31. The van der Waals surface area contributed by atoms with Gasteiger partial charge in [0.15, 0.2) is 0 Å². The number of amides is 3. The van der Waals surface area contributed by atoms with Crippen LogP contribution in [0.1, 0.15) is 35.1 Å². The molecular weight excluding hydrogens is 429 g/mol. The maximum absolute atomic E-state index is 13.4. The first kappa shape index (κ1) is 21.5. The van der Waals surface area contributed by atoms with E-state index in [9.17, 15) is 19.1 Å². The normalized spacial score (nSPS) is 20.9. The van der Waals surface area contributed by atoms with E-state index in [1.54, 1.807) is 9.58 Å². The highest BCUT2D eigenvalue weighted by Gasteiger charge is 2.38. The van der Waals surface area contributed by atoms with Gasteiger partial charge < -0.3 is 15.3 Å². The standard InChI is InChI=1S/C20H23ClFN5O4/c1-3-12-7-17-14(18-19(29)25(2)31-13(10-28)8-27(18)24-17)9-26(12)20(30)23-11-4-5-16(22)15(21)6-11/h4-6,12-13,28H,3,7-10H2,1-2H3,(H,23,30)/t12-,13-/m1/s1. The van der Waals surface area contributed by atoms with Crippen LogP contribution < -0.4 is 5.32 Å². The predicted molar refractivity (Wildman–Crippen MR) is 110 cm³/mol. The summed E-state index contributed by atoms with van der Waals surface area (Å²) in [6.45, 7) is 2.13. The Hall–Kier alpha value is -2.69. The Morgan fingerprint density at radius 1 is 1.45 bits per heavy atom. The summed E-state index contributed by atoms with van der Waals surface area (Å²) in [7, 11) is 1.49. The Morgan fingerprint density at radius 2 is 2.23 bits per heavy atom. The van der Waals surface area contributed by atoms with Gasteiger partial charge in [-0.1, -0.05) is 18.5 Å². The molecule has 0 saturated heterocycles. The van der Waals surface area contributed by atoms with Gasteiger partial charge in [-0.3, -0.25) is 14.3 Å². The number of hydroxylamine groups is 2. The van der Waals surface area contributed by atoms with E-state index in [4.69, 9.17) is 16.4 Å². The lowest BCUT2D eigenvalue weighted by molar-refractivity contribution is -0.159. The van der Waals surface area contributed by atoms with E-state index in [0.29, 0.717) is 29.8 Å². The van der Waals surface area contributed by atoms with Crippen molar-refractivity contribution in [3.8, 4) is 0 Å². The van der Waals surface area contributed by atoms with Gasteiger partial charge >= 0.3 is 6.03 Å². The number of aliphatic hydroxyl groups excluding tert-OH is 1. The zero-order valence-corrected chi connectivity index (χ0v) is 17.9. The monoisotopic (exact) mass is 451 g/mol. The molecule has 1 aromatic carbocycles. The fourth-order valence-electron chi connectivity index (χ4n) is 3.99. The van der Waals surface area contributed by atoms with E-state index in [1.165, 1.54) is 25.2 Å². The van der Waals surface area contributed by atoms with Crippen molar-refractivity contribution in [1.82, 2.24) is 19.7 Å². The molecule has 2 aliphatic rings. The van der Waals surface area contributed by atoms with Crippen molar-refractivity contribution < 1.29 is 23.9 Å². The van der Waals surface area contributed by atoms with E-state index in [2.05, 4.69) is 10.4 Å². The zero-order chi connectivity index (χ0) is 22.3. The molecule has 11 heteroatoms. The summed E-state index contributed by atoms with van der Waals surface area (Å²) in [5, 5.41) is 17.9. The third-order valence-electron chi connectivity index (χ3n) is 5.61. The molecular formula is C20H23ClFN5O4. The number of fused-ring (bicyclic) bond motifs is 3. The first-order chi connectivity index (χ1) is 14.8. The fraction of sp³-hybridized carbons (Fsp3) is 0.450. The minimum Gasteiger partial charge on any atom is -0.393 e. The van der Waals surface area contributed by atoms with Gasteiger partial charge in [-0.25, -0.2) is 14.2 Å². The summed E-state index contributed by atoms with van der Waals surface area (Å²) < 4.78 is 15.0. The Labute approximate surface area is 183 Å². The summed E-state index contributed by atoms with van der Waals surface area (Å²) in [5.41, 5.74) is 2.15. The van der Waals surface area contributed by atoms with E-state index in [1.807, 2.05) is 6.92 Å². The summed E-state index contributed by atoms with van der Waals surface area (Å²) in [5.74, 6) is -0.951. The molecule has 1 aromatic heterocycles. The molecule has 9 nitrogen and oxygen atoms in total. The van der Waals surface area contributed by atoms with Gasteiger partial charge in [0.1, 0.15) is 17.6 Å². The highest BCUT2D eigenvalue weighted by Crippen LogP contribution is 2.30. The van der Waals surface area contributed by atoms with E-state index in [-0.39, 0.29) is 42.7 Å². The van der Waals surface area contributed by atoms with Crippen molar-refractivity contribution in [2.45, 2.75) is 45.0 Å². The number of nitrogens with zero attached hydrogens (tertiary/aromatic N) is 4. The van der Waals surface area contributed by atoms with Crippen molar-refractivity contribution >= 4 is 29.2 Å². The molecule has 0 saturated carbocycles. The van der Waals surface area contributed by atoms with Crippen LogP contribution in [0.25, 0.3) is 0 Å². The number of anilines is 1. The second kappa shape index (κ2) is 8.45. The fourth-order valence-corrected chi connectivity index (χ4v) is 4.17. The summed E-state index contributed by atoms with van der Waals surface area (Å²) in [6, 6.07) is 3.47. The largest absolute Gasteiger partial charge is 0.393 e. The predicted octanol–water partition coefficient (Wildman–Crippen LogP) is 2.42. The number of benzene rings is 1. The van der Waals surface area contributed by atoms with Gasteiger partial charge in [0, 0.05) is 30.8 Å². The molecule has 0 fully saturated rings. The minimum absolute atomic E-state index is 0.0835. The van der Waals surface area contributed by atoms with Crippen LogP contribution in [0.4, 0.5) is 14.9 Å². The van der Waals surface area contributed by atoms with Crippen LogP contribution in [-0.2, 0) is 24.3 Å². The molecule has 2 aromatic rings. The molecule has 3 heterocycles. The molecule has 0 aliphatic carbocycles. The summed E-state index contributed by atoms with van der Waals surface area (Å²) >= 11 is 5.82. The second-order valence-corrected chi connectivity index (χ2v) is 8.03. The van der Waals surface area contributed by atoms with Gasteiger partial charge in [0.05, 0.1) is 30.4 Å². The SMILES string of the molecule is CC[C@@H]1Cc2nn3c(c2CN1C(=O)Nc1ccc(F)c(Cl)c1)C(=O)N(C)O[C@@H](CO)C3. The number of hydrogen-bond acceptors (Lipinski definition) is 5.